The van der Waals surface area contributed by atoms with E-state index in [2.05, 4.69) is 10.2 Å². The van der Waals surface area contributed by atoms with Crippen molar-refractivity contribution in [2.24, 2.45) is 0 Å². The van der Waals surface area contributed by atoms with E-state index < -0.39 is 5.97 Å². The molecule has 2 amide bonds. The van der Waals surface area contributed by atoms with Crippen molar-refractivity contribution in [3.05, 3.63) is 0 Å². The summed E-state index contributed by atoms with van der Waals surface area (Å²) in [5.74, 6) is 0.685. The van der Waals surface area contributed by atoms with Crippen LogP contribution in [0.5, 0.6) is 0 Å². The number of nitrogens with zero attached hydrogens (tertiary/aromatic N) is 2. The summed E-state index contributed by atoms with van der Waals surface area (Å²) in [4.78, 5) is 26.7. The van der Waals surface area contributed by atoms with Crippen LogP contribution in [0.1, 0.15) is 6.42 Å². The van der Waals surface area contributed by atoms with E-state index in [9.17, 15) is 9.59 Å². The Morgan fingerprint density at radius 1 is 1.48 bits per heavy atom. The maximum Gasteiger partial charge on any atom is 0.317 e. The third kappa shape index (κ3) is 7.01. The lowest BCUT2D eigenvalue weighted by molar-refractivity contribution is -0.137. The van der Waals surface area contributed by atoms with E-state index in [4.69, 9.17) is 9.84 Å². The van der Waals surface area contributed by atoms with E-state index in [-0.39, 0.29) is 18.5 Å². The highest BCUT2D eigenvalue weighted by atomic mass is 32.2. The molecule has 0 aliphatic carbocycles. The van der Waals surface area contributed by atoms with Gasteiger partial charge in [0.15, 0.2) is 0 Å². The number of urea groups is 1. The lowest BCUT2D eigenvalue weighted by atomic mass is 10.2. The molecule has 21 heavy (non-hydrogen) atoms. The van der Waals surface area contributed by atoms with Crippen molar-refractivity contribution in [3.8, 4) is 0 Å². The van der Waals surface area contributed by atoms with Gasteiger partial charge < -0.3 is 25.0 Å². The molecule has 1 fully saturated rings. The van der Waals surface area contributed by atoms with E-state index in [1.165, 1.54) is 0 Å². The summed E-state index contributed by atoms with van der Waals surface area (Å²) in [6.07, 6.45) is 0.00810. The Morgan fingerprint density at radius 2 is 2.24 bits per heavy atom. The van der Waals surface area contributed by atoms with Gasteiger partial charge in [0, 0.05) is 44.8 Å². The third-order valence-electron chi connectivity index (χ3n) is 3.35. The molecule has 0 aromatic heterocycles. The standard InChI is InChI=1S/C13H25N3O4S/c1-15(5-7-20-2)4-3-14-13(19)16-6-8-21-10-11(16)9-12(17)18/h11H,3-10H2,1-2H3,(H,14,19)(H,17,18). The first-order valence-electron chi connectivity index (χ1n) is 7.06. The Hall–Kier alpha value is -0.990. The molecular weight excluding hydrogens is 294 g/mol. The molecule has 1 aliphatic heterocycles. The van der Waals surface area contributed by atoms with Crippen LogP contribution in [0.25, 0.3) is 0 Å². The van der Waals surface area contributed by atoms with Gasteiger partial charge in [0.1, 0.15) is 0 Å². The van der Waals surface area contributed by atoms with E-state index >= 15 is 0 Å². The number of carboxylic acids is 1. The van der Waals surface area contributed by atoms with Crippen molar-refractivity contribution in [2.75, 3.05) is 58.4 Å². The first-order valence-corrected chi connectivity index (χ1v) is 8.21. The highest BCUT2D eigenvalue weighted by Gasteiger charge is 2.28. The molecule has 1 unspecified atom stereocenters. The Kier molecular flexibility index (Phi) is 8.48. The van der Waals surface area contributed by atoms with Crippen molar-refractivity contribution in [3.63, 3.8) is 0 Å². The number of hydrogen-bond donors (Lipinski definition) is 2. The molecule has 1 atom stereocenters. The van der Waals surface area contributed by atoms with Crippen LogP contribution in [0.3, 0.4) is 0 Å². The number of carbonyl (C=O) groups excluding carboxylic acids is 1. The fraction of sp³-hybridized carbons (Fsp3) is 0.846. The molecule has 0 saturated carbocycles. The number of nitrogens with one attached hydrogen (secondary N) is 1. The molecule has 7 nitrogen and oxygen atoms in total. The quantitative estimate of drug-likeness (QED) is 0.663. The fourth-order valence-electron chi connectivity index (χ4n) is 2.11. The zero-order valence-corrected chi connectivity index (χ0v) is 13.5. The minimum Gasteiger partial charge on any atom is -0.481 e. The highest BCUT2D eigenvalue weighted by Crippen LogP contribution is 2.18. The third-order valence-corrected chi connectivity index (χ3v) is 4.44. The predicted molar refractivity (Wildman–Crippen MR) is 82.8 cm³/mol. The van der Waals surface area contributed by atoms with Crippen molar-refractivity contribution < 1.29 is 19.4 Å². The Bertz CT molecular complexity index is 343. The monoisotopic (exact) mass is 319 g/mol. The smallest absolute Gasteiger partial charge is 0.317 e. The molecule has 1 heterocycles. The van der Waals surface area contributed by atoms with Crippen LogP contribution in [-0.4, -0.2) is 91.4 Å². The maximum absolute atomic E-state index is 12.2. The lowest BCUT2D eigenvalue weighted by Gasteiger charge is -2.34. The van der Waals surface area contributed by atoms with Gasteiger partial charge in [-0.25, -0.2) is 4.79 Å². The molecule has 0 spiro atoms. The van der Waals surface area contributed by atoms with Crippen molar-refractivity contribution >= 4 is 23.8 Å². The number of likely N-dealkylation sites (N-methyl/N-ethyl adjacent to an activating group) is 1. The molecule has 0 bridgehead atoms. The van der Waals surface area contributed by atoms with Crippen LogP contribution in [0.4, 0.5) is 4.79 Å². The van der Waals surface area contributed by atoms with Gasteiger partial charge in [-0.2, -0.15) is 11.8 Å². The molecular formula is C13H25N3O4S. The number of aliphatic carboxylic acids is 1. The van der Waals surface area contributed by atoms with E-state index in [0.717, 1.165) is 18.8 Å². The topological polar surface area (TPSA) is 82.1 Å². The van der Waals surface area contributed by atoms with Crippen LogP contribution in [-0.2, 0) is 9.53 Å². The molecule has 0 radical (unpaired) electrons. The van der Waals surface area contributed by atoms with E-state index in [0.29, 0.717) is 25.4 Å². The summed E-state index contributed by atoms with van der Waals surface area (Å²) < 4.78 is 4.99. The molecule has 1 rings (SSSR count). The van der Waals surface area contributed by atoms with Crippen LogP contribution < -0.4 is 5.32 Å². The summed E-state index contributed by atoms with van der Waals surface area (Å²) in [6.45, 7) is 3.36. The van der Waals surface area contributed by atoms with E-state index in [1.54, 1.807) is 23.8 Å². The summed E-state index contributed by atoms with van der Waals surface area (Å²) in [7, 11) is 3.63. The zero-order chi connectivity index (χ0) is 15.7. The predicted octanol–water partition coefficient (Wildman–Crippen LogP) is 0.166. The number of hydrogen-bond acceptors (Lipinski definition) is 5. The molecule has 0 aromatic carbocycles. The molecule has 8 heteroatoms. The number of amides is 2. The van der Waals surface area contributed by atoms with Gasteiger partial charge in [0.25, 0.3) is 0 Å². The SMILES string of the molecule is COCCN(C)CCNC(=O)N1CCSCC1CC(=O)O. The normalized spacial score (nSPS) is 18.8. The number of carbonyl (C=O) groups is 2. The van der Waals surface area contributed by atoms with Gasteiger partial charge in [0.05, 0.1) is 19.1 Å². The number of rotatable bonds is 8. The van der Waals surface area contributed by atoms with Gasteiger partial charge in [-0.1, -0.05) is 0 Å². The van der Waals surface area contributed by atoms with Gasteiger partial charge in [-0.3, -0.25) is 4.79 Å². The Labute approximate surface area is 130 Å². The number of methoxy groups -OCH3 is 1. The average molecular weight is 319 g/mol. The van der Waals surface area contributed by atoms with Crippen LogP contribution in [0, 0.1) is 0 Å². The number of thioether (sulfide) groups is 1. The van der Waals surface area contributed by atoms with Gasteiger partial charge >= 0.3 is 12.0 Å². The van der Waals surface area contributed by atoms with Gasteiger partial charge in [0.2, 0.25) is 0 Å². The second-order valence-electron chi connectivity index (χ2n) is 5.05. The first-order chi connectivity index (χ1) is 10.0. The van der Waals surface area contributed by atoms with Crippen LogP contribution >= 0.6 is 11.8 Å². The fourth-order valence-corrected chi connectivity index (χ4v) is 3.17. The summed E-state index contributed by atoms with van der Waals surface area (Å²) in [6, 6.07) is -0.380. The molecule has 0 aromatic rings. The van der Waals surface area contributed by atoms with Gasteiger partial charge in [-0.15, -0.1) is 0 Å². The Balaban J connectivity index is 2.33. The molecule has 122 valence electrons. The van der Waals surface area contributed by atoms with Crippen molar-refractivity contribution in [2.45, 2.75) is 12.5 Å². The zero-order valence-electron chi connectivity index (χ0n) is 12.7. The second kappa shape index (κ2) is 9.86. The molecule has 2 N–H and O–H groups in total. The minimum atomic E-state index is -0.861. The highest BCUT2D eigenvalue weighted by molar-refractivity contribution is 7.99. The lowest BCUT2D eigenvalue weighted by Crippen LogP contribution is -2.52. The second-order valence-corrected chi connectivity index (χ2v) is 6.20. The van der Waals surface area contributed by atoms with Crippen molar-refractivity contribution in [1.29, 1.82) is 0 Å². The summed E-state index contributed by atoms with van der Waals surface area (Å²) >= 11 is 1.70. The van der Waals surface area contributed by atoms with Gasteiger partial charge in [-0.05, 0) is 7.05 Å². The van der Waals surface area contributed by atoms with E-state index in [1.807, 2.05) is 7.05 Å². The summed E-state index contributed by atoms with van der Waals surface area (Å²) in [5, 5.41) is 11.8. The molecule has 1 saturated heterocycles. The number of carboxylic acid groups (broad SMARTS) is 1. The summed E-state index contributed by atoms with van der Waals surface area (Å²) in [5.41, 5.74) is 0. The number of ether oxygens (including phenoxy) is 1. The first kappa shape index (κ1) is 18.1. The maximum atomic E-state index is 12.2. The minimum absolute atomic E-state index is 0.00810. The van der Waals surface area contributed by atoms with Crippen molar-refractivity contribution in [1.82, 2.24) is 15.1 Å². The van der Waals surface area contributed by atoms with Crippen LogP contribution in [0.15, 0.2) is 0 Å². The average Bonchev–Trinajstić information content (AvgIpc) is 2.45. The molecule has 1 aliphatic rings. The van der Waals surface area contributed by atoms with Crippen LogP contribution in [0.2, 0.25) is 0 Å². The Morgan fingerprint density at radius 3 is 2.90 bits per heavy atom. The largest absolute Gasteiger partial charge is 0.481 e.